The van der Waals surface area contributed by atoms with Crippen LogP contribution in [0.15, 0.2) is 60.7 Å². The largest absolute Gasteiger partial charge is 0.196 e. The van der Waals surface area contributed by atoms with Crippen LogP contribution in [0.25, 0.3) is 21.9 Å². The topological polar surface area (TPSA) is 0 Å². The molecule has 0 spiro atoms. The summed E-state index contributed by atoms with van der Waals surface area (Å²) >= 11 is 1.74. The number of fused-ring (bicyclic) bond motifs is 1. The number of benzene rings is 2. The Morgan fingerprint density at radius 1 is 0.767 bits per heavy atom. The maximum atomic E-state index is 2.31. The Morgan fingerprint density at radius 3 is 1.87 bits per heavy atom. The van der Waals surface area contributed by atoms with E-state index in [-0.39, 0.29) is 5.43 Å². The molecule has 2 heteroatoms. The molecule has 0 aromatic heterocycles. The molecular weight excluding hydrogens is 456 g/mol. The molecule has 154 valence electrons. The van der Waals surface area contributed by atoms with Gasteiger partial charge in [-0.25, -0.2) is 0 Å². The van der Waals surface area contributed by atoms with Crippen molar-refractivity contribution < 1.29 is 23.3 Å². The first kappa shape index (κ1) is 24.8. The number of rotatable bonds is 1. The summed E-state index contributed by atoms with van der Waals surface area (Å²) in [5.41, 5.74) is 11.3. The SMILES string of the molecule is C[Si](C)=[Zr+2].Cc1[cH-]c(C)c(C)c1C.Cc1ccc(C)c(-c2c[cH-]c3ccccc23)c1. The second kappa shape index (κ2) is 11.2. The van der Waals surface area contributed by atoms with Gasteiger partial charge in [0.1, 0.15) is 0 Å². The van der Waals surface area contributed by atoms with Crippen LogP contribution in [0.5, 0.6) is 0 Å². The molecule has 0 aliphatic carbocycles. The number of hydrogen-bond acceptors (Lipinski definition) is 0. The molecular formula is C28H34SiZr. The van der Waals surface area contributed by atoms with Gasteiger partial charge in [0.15, 0.2) is 0 Å². The third kappa shape index (κ3) is 6.50. The number of aryl methyl sites for hydroxylation is 4. The van der Waals surface area contributed by atoms with Crippen molar-refractivity contribution in [3.8, 4) is 11.1 Å². The van der Waals surface area contributed by atoms with Crippen LogP contribution in [-0.2, 0) is 23.3 Å². The molecule has 0 amide bonds. The van der Waals surface area contributed by atoms with Crippen LogP contribution < -0.4 is 0 Å². The molecule has 4 aromatic carbocycles. The first-order chi connectivity index (χ1) is 14.1. The van der Waals surface area contributed by atoms with Crippen molar-refractivity contribution in [1.82, 2.24) is 0 Å². The zero-order valence-electron chi connectivity index (χ0n) is 19.8. The van der Waals surface area contributed by atoms with Gasteiger partial charge in [0.2, 0.25) is 0 Å². The van der Waals surface area contributed by atoms with Gasteiger partial charge in [-0.3, -0.25) is 0 Å². The maximum Gasteiger partial charge on any atom is -0.0398 e. The van der Waals surface area contributed by atoms with E-state index >= 15 is 0 Å². The van der Waals surface area contributed by atoms with E-state index in [1.54, 1.807) is 23.3 Å². The minimum atomic E-state index is 0.210. The van der Waals surface area contributed by atoms with Crippen LogP contribution in [-0.4, -0.2) is 5.43 Å². The molecule has 0 saturated carbocycles. The van der Waals surface area contributed by atoms with Crippen molar-refractivity contribution in [3.05, 3.63) is 94.0 Å². The van der Waals surface area contributed by atoms with Gasteiger partial charge in [-0.2, -0.15) is 28.3 Å². The van der Waals surface area contributed by atoms with Crippen molar-refractivity contribution in [1.29, 1.82) is 0 Å². The Kier molecular flexibility index (Phi) is 9.26. The fraction of sp³-hybridized carbons (Fsp3) is 0.286. The predicted octanol–water partition coefficient (Wildman–Crippen LogP) is 8.27. The first-order valence-electron chi connectivity index (χ1n) is 10.6. The summed E-state index contributed by atoms with van der Waals surface area (Å²) in [6, 6.07) is 21.9. The molecule has 0 aliphatic heterocycles. The van der Waals surface area contributed by atoms with Crippen LogP contribution >= 0.6 is 0 Å². The summed E-state index contributed by atoms with van der Waals surface area (Å²) in [6.07, 6.45) is 0. The second-order valence-corrected chi connectivity index (χ2v) is 17.8. The molecule has 4 aromatic rings. The quantitative estimate of drug-likeness (QED) is 0.186. The van der Waals surface area contributed by atoms with Crippen LogP contribution in [0, 0.1) is 41.5 Å². The van der Waals surface area contributed by atoms with Crippen molar-refractivity contribution >= 4 is 16.2 Å². The summed E-state index contributed by atoms with van der Waals surface area (Å²) in [5.74, 6) is 0. The molecule has 0 saturated heterocycles. The van der Waals surface area contributed by atoms with Crippen molar-refractivity contribution in [2.24, 2.45) is 0 Å². The molecule has 0 aliphatic rings. The third-order valence-corrected chi connectivity index (χ3v) is 5.54. The zero-order valence-corrected chi connectivity index (χ0v) is 23.2. The minimum absolute atomic E-state index is 0.210. The average molecular weight is 490 g/mol. The predicted molar refractivity (Wildman–Crippen MR) is 133 cm³/mol. The molecule has 0 radical (unpaired) electrons. The summed E-state index contributed by atoms with van der Waals surface area (Å²) in [7, 11) is 0. The fourth-order valence-corrected chi connectivity index (χ4v) is 3.54. The zero-order chi connectivity index (χ0) is 22.4. The van der Waals surface area contributed by atoms with Crippen LogP contribution in [0.3, 0.4) is 0 Å². The van der Waals surface area contributed by atoms with Crippen LogP contribution in [0.2, 0.25) is 13.1 Å². The number of hydrogen-bond donors (Lipinski definition) is 0. The summed E-state index contributed by atoms with van der Waals surface area (Å²) < 4.78 is 0. The maximum absolute atomic E-state index is 2.31. The summed E-state index contributed by atoms with van der Waals surface area (Å²) in [5, 5.41) is 2.67. The van der Waals surface area contributed by atoms with E-state index < -0.39 is 0 Å². The molecule has 0 atom stereocenters. The van der Waals surface area contributed by atoms with Gasteiger partial charge in [0, 0.05) is 0 Å². The van der Waals surface area contributed by atoms with E-state index in [0.29, 0.717) is 0 Å². The van der Waals surface area contributed by atoms with E-state index in [1.165, 1.54) is 55.3 Å². The Balaban J connectivity index is 0.000000207. The van der Waals surface area contributed by atoms with Gasteiger partial charge < -0.3 is 0 Å². The molecule has 0 bridgehead atoms. The molecule has 4 rings (SSSR count). The third-order valence-electron chi connectivity index (χ3n) is 5.54. The Morgan fingerprint density at radius 2 is 1.33 bits per heavy atom. The minimum Gasteiger partial charge on any atom is -0.196 e. The second-order valence-electron chi connectivity index (χ2n) is 8.41. The molecule has 0 nitrogen and oxygen atoms in total. The molecule has 0 unspecified atom stereocenters. The first-order valence-corrected chi connectivity index (χ1v) is 16.7. The fourth-order valence-electron chi connectivity index (χ4n) is 3.54. The van der Waals surface area contributed by atoms with Crippen molar-refractivity contribution in [2.75, 3.05) is 0 Å². The van der Waals surface area contributed by atoms with E-state index in [2.05, 4.69) is 115 Å². The summed E-state index contributed by atoms with van der Waals surface area (Å²) in [6.45, 7) is 17.6. The van der Waals surface area contributed by atoms with Crippen LogP contribution in [0.4, 0.5) is 0 Å². The monoisotopic (exact) mass is 488 g/mol. The summed E-state index contributed by atoms with van der Waals surface area (Å²) in [4.78, 5) is 0. The smallest absolute Gasteiger partial charge is 0.0398 e. The molecule has 0 N–H and O–H groups in total. The average Bonchev–Trinajstić information content (AvgIpc) is 3.21. The van der Waals surface area contributed by atoms with Gasteiger partial charge in [-0.15, -0.1) is 46.7 Å². The van der Waals surface area contributed by atoms with E-state index in [9.17, 15) is 0 Å². The molecule has 0 fully saturated rings. The van der Waals surface area contributed by atoms with E-state index in [4.69, 9.17) is 0 Å². The van der Waals surface area contributed by atoms with E-state index in [1.807, 2.05) is 0 Å². The van der Waals surface area contributed by atoms with Gasteiger partial charge in [-0.1, -0.05) is 68.7 Å². The van der Waals surface area contributed by atoms with Gasteiger partial charge in [0.05, 0.1) is 0 Å². The Labute approximate surface area is 198 Å². The Bertz CT molecular complexity index is 1110. The standard InChI is InChI=1S/C17H15.C9H13.C2H6Si.Zr/c1-12-7-8-13(2)17(11-12)16-10-9-14-5-3-4-6-15(14)16;1-6-5-7(2)9(4)8(6)3;1-3-2;/h3-11H,1-2H3;5H,1-4H3;1-2H3;/q2*-1;;+2. The molecule has 0 heterocycles. The van der Waals surface area contributed by atoms with Gasteiger partial charge >= 0.3 is 41.9 Å². The van der Waals surface area contributed by atoms with E-state index in [0.717, 1.165) is 0 Å². The van der Waals surface area contributed by atoms with Gasteiger partial charge in [-0.05, 0) is 13.8 Å². The van der Waals surface area contributed by atoms with Crippen LogP contribution in [0.1, 0.15) is 33.4 Å². The molecule has 30 heavy (non-hydrogen) atoms. The van der Waals surface area contributed by atoms with Crippen molar-refractivity contribution in [3.63, 3.8) is 0 Å². The normalized spacial score (nSPS) is 10.2. The van der Waals surface area contributed by atoms with Crippen molar-refractivity contribution in [2.45, 2.75) is 54.6 Å². The Hall–Kier alpha value is -1.50. The van der Waals surface area contributed by atoms with Gasteiger partial charge in [0.25, 0.3) is 0 Å².